The van der Waals surface area contributed by atoms with Crippen molar-refractivity contribution in [1.29, 1.82) is 0 Å². The molecule has 1 N–H and O–H groups in total. The van der Waals surface area contributed by atoms with Crippen molar-refractivity contribution in [2.75, 3.05) is 37.6 Å². The number of fused-ring (bicyclic) bond motifs is 1. The molecule has 5 rings (SSSR count). The third-order valence-electron chi connectivity index (χ3n) is 7.43. The molecule has 0 radical (unpaired) electrons. The standard InChI is InChI=1S/C27H29F5N6O/c1-17-6-9-38(16-17)23-12-20(19-4-2-3-5-21(19)36-23)24(39)33-15-22(37-10-7-26(28,29)8-11-37)18-13-34-25(35-14-18)27(30,31)32/h2-5,12-14,17,22H,6-11,15-16H2,1H3,(H,33,39)/t17-,22?/m1/s1. The number of carbonyl (C=O) groups excluding carboxylic acids is 1. The highest BCUT2D eigenvalue weighted by atomic mass is 19.4. The maximum atomic E-state index is 13.8. The second-order valence-corrected chi connectivity index (χ2v) is 10.3. The maximum Gasteiger partial charge on any atom is 0.451 e. The first-order valence-corrected chi connectivity index (χ1v) is 12.9. The number of alkyl halides is 5. The highest BCUT2D eigenvalue weighted by Crippen LogP contribution is 2.33. The summed E-state index contributed by atoms with van der Waals surface area (Å²) in [6, 6.07) is 8.38. The number of amides is 1. The first-order chi connectivity index (χ1) is 18.5. The molecule has 4 heterocycles. The Morgan fingerprint density at radius 3 is 2.46 bits per heavy atom. The van der Waals surface area contributed by atoms with E-state index in [1.165, 1.54) is 0 Å². The summed E-state index contributed by atoms with van der Waals surface area (Å²) in [7, 11) is 0. The molecule has 1 aromatic carbocycles. The van der Waals surface area contributed by atoms with E-state index in [1.54, 1.807) is 11.0 Å². The minimum absolute atomic E-state index is 0.0179. The van der Waals surface area contributed by atoms with Crippen molar-refractivity contribution in [1.82, 2.24) is 25.2 Å². The predicted octanol–water partition coefficient (Wildman–Crippen LogP) is 5.09. The topological polar surface area (TPSA) is 74.2 Å². The van der Waals surface area contributed by atoms with E-state index in [0.29, 0.717) is 33.8 Å². The summed E-state index contributed by atoms with van der Waals surface area (Å²) in [5, 5.41) is 3.55. The molecule has 0 spiro atoms. The zero-order valence-electron chi connectivity index (χ0n) is 21.4. The minimum Gasteiger partial charge on any atom is -0.356 e. The molecule has 2 aliphatic rings. The molecule has 1 amide bonds. The van der Waals surface area contributed by atoms with Gasteiger partial charge in [-0.05, 0) is 24.5 Å². The van der Waals surface area contributed by atoms with Gasteiger partial charge in [0.15, 0.2) is 0 Å². The summed E-state index contributed by atoms with van der Waals surface area (Å²) in [5.41, 5.74) is 1.40. The van der Waals surface area contributed by atoms with Gasteiger partial charge < -0.3 is 10.2 Å². The van der Waals surface area contributed by atoms with Crippen molar-refractivity contribution in [3.63, 3.8) is 0 Å². The lowest BCUT2D eigenvalue weighted by Gasteiger charge is -2.37. The molecule has 0 bridgehead atoms. The van der Waals surface area contributed by atoms with E-state index >= 15 is 0 Å². The molecule has 1 unspecified atom stereocenters. The van der Waals surface area contributed by atoms with E-state index in [2.05, 4.69) is 27.1 Å². The first kappa shape index (κ1) is 27.2. The van der Waals surface area contributed by atoms with Crippen molar-refractivity contribution in [3.8, 4) is 0 Å². The fourth-order valence-corrected chi connectivity index (χ4v) is 5.22. The van der Waals surface area contributed by atoms with Gasteiger partial charge in [-0.2, -0.15) is 13.2 Å². The van der Waals surface area contributed by atoms with Gasteiger partial charge >= 0.3 is 6.18 Å². The van der Waals surface area contributed by atoms with Gasteiger partial charge in [-0.15, -0.1) is 0 Å². The van der Waals surface area contributed by atoms with E-state index in [9.17, 15) is 26.7 Å². The van der Waals surface area contributed by atoms with E-state index < -0.39 is 24.0 Å². The summed E-state index contributed by atoms with van der Waals surface area (Å²) in [6.45, 7) is 3.85. The second kappa shape index (κ2) is 10.6. The summed E-state index contributed by atoms with van der Waals surface area (Å²) < 4.78 is 66.7. The summed E-state index contributed by atoms with van der Waals surface area (Å²) in [4.78, 5) is 29.0. The number of hydrogen-bond donors (Lipinski definition) is 1. The molecule has 0 saturated carbocycles. The number of para-hydroxylation sites is 1. The van der Waals surface area contributed by atoms with Crippen LogP contribution < -0.4 is 10.2 Å². The summed E-state index contributed by atoms with van der Waals surface area (Å²) in [5.74, 6) is -3.26. The SMILES string of the molecule is C[C@@H]1CCN(c2cc(C(=O)NCC(c3cnc(C(F)(F)F)nc3)N3CCC(F)(F)CC3)c3ccccc3n2)C1. The fourth-order valence-electron chi connectivity index (χ4n) is 5.22. The zero-order chi connectivity index (χ0) is 27.8. The molecule has 2 saturated heterocycles. The first-order valence-electron chi connectivity index (χ1n) is 12.9. The number of anilines is 1. The lowest BCUT2D eigenvalue weighted by Crippen LogP contribution is -2.45. The Balaban J connectivity index is 1.41. The van der Waals surface area contributed by atoms with Crippen LogP contribution in [0.3, 0.4) is 0 Å². The third-order valence-corrected chi connectivity index (χ3v) is 7.43. The number of nitrogens with one attached hydrogen (secondary N) is 1. The van der Waals surface area contributed by atoms with Gasteiger partial charge in [-0.3, -0.25) is 9.69 Å². The van der Waals surface area contributed by atoms with Crippen LogP contribution in [0, 0.1) is 5.92 Å². The Morgan fingerprint density at radius 2 is 1.82 bits per heavy atom. The predicted molar refractivity (Wildman–Crippen MR) is 136 cm³/mol. The van der Waals surface area contributed by atoms with Crippen LogP contribution >= 0.6 is 0 Å². The maximum absolute atomic E-state index is 13.8. The van der Waals surface area contributed by atoms with E-state index in [4.69, 9.17) is 4.98 Å². The Kier molecular flexibility index (Phi) is 7.41. The number of nitrogens with zero attached hydrogens (tertiary/aromatic N) is 5. The number of rotatable bonds is 6. The number of likely N-dealkylation sites (tertiary alicyclic amines) is 1. The number of halogens is 5. The van der Waals surface area contributed by atoms with Gasteiger partial charge in [-0.1, -0.05) is 25.1 Å². The molecule has 2 aliphatic heterocycles. The van der Waals surface area contributed by atoms with Crippen molar-refractivity contribution in [2.45, 2.75) is 44.3 Å². The number of pyridine rings is 1. The Hall–Kier alpha value is -3.41. The average Bonchev–Trinajstić information content (AvgIpc) is 3.34. The smallest absolute Gasteiger partial charge is 0.356 e. The van der Waals surface area contributed by atoms with Crippen LogP contribution in [0.1, 0.15) is 54.0 Å². The molecular formula is C27H29F5N6O. The van der Waals surface area contributed by atoms with Crippen molar-refractivity contribution in [2.24, 2.45) is 5.92 Å². The fraction of sp³-hybridized carbons (Fsp3) is 0.481. The van der Waals surface area contributed by atoms with Crippen LogP contribution in [0.4, 0.5) is 27.8 Å². The lowest BCUT2D eigenvalue weighted by molar-refractivity contribution is -0.145. The van der Waals surface area contributed by atoms with Gasteiger partial charge in [-0.25, -0.2) is 23.7 Å². The molecule has 2 fully saturated rings. The second-order valence-electron chi connectivity index (χ2n) is 10.3. The molecule has 0 aliphatic carbocycles. The summed E-state index contributed by atoms with van der Waals surface area (Å²) in [6.07, 6.45) is -2.34. The zero-order valence-corrected chi connectivity index (χ0v) is 21.4. The minimum atomic E-state index is -4.71. The van der Waals surface area contributed by atoms with E-state index in [1.807, 2.05) is 24.3 Å². The molecule has 2 aromatic heterocycles. The van der Waals surface area contributed by atoms with Crippen molar-refractivity contribution >= 4 is 22.6 Å². The lowest BCUT2D eigenvalue weighted by atomic mass is 10.0. The number of carbonyl (C=O) groups is 1. The van der Waals surface area contributed by atoms with Gasteiger partial charge in [0.25, 0.3) is 11.8 Å². The average molecular weight is 549 g/mol. The van der Waals surface area contributed by atoms with Crippen LogP contribution in [0.5, 0.6) is 0 Å². The third kappa shape index (κ3) is 6.10. The van der Waals surface area contributed by atoms with Crippen LogP contribution in [0.25, 0.3) is 10.9 Å². The van der Waals surface area contributed by atoms with Gasteiger partial charge in [0, 0.05) is 68.9 Å². The van der Waals surface area contributed by atoms with Crippen molar-refractivity contribution < 1.29 is 26.7 Å². The van der Waals surface area contributed by atoms with Crippen LogP contribution in [0.2, 0.25) is 0 Å². The van der Waals surface area contributed by atoms with Crippen LogP contribution in [-0.2, 0) is 6.18 Å². The molecule has 12 heteroatoms. The Morgan fingerprint density at radius 1 is 1.13 bits per heavy atom. The van der Waals surface area contributed by atoms with Gasteiger partial charge in [0.05, 0.1) is 17.1 Å². The highest BCUT2D eigenvalue weighted by Gasteiger charge is 2.38. The normalized spacial score (nSPS) is 20.8. The highest BCUT2D eigenvalue weighted by molar-refractivity contribution is 6.07. The number of benzene rings is 1. The van der Waals surface area contributed by atoms with Crippen molar-refractivity contribution in [3.05, 3.63) is 59.7 Å². The Bertz CT molecular complexity index is 1320. The molecular weight excluding hydrogens is 519 g/mol. The van der Waals surface area contributed by atoms with Gasteiger partial charge in [0.2, 0.25) is 5.82 Å². The molecule has 3 aromatic rings. The quantitative estimate of drug-likeness (QED) is 0.433. The van der Waals surface area contributed by atoms with E-state index in [0.717, 1.165) is 31.9 Å². The number of aromatic nitrogens is 3. The summed E-state index contributed by atoms with van der Waals surface area (Å²) >= 11 is 0. The van der Waals surface area contributed by atoms with Crippen LogP contribution in [0.15, 0.2) is 42.7 Å². The largest absolute Gasteiger partial charge is 0.451 e. The molecule has 208 valence electrons. The number of hydrogen-bond acceptors (Lipinski definition) is 6. The number of piperidine rings is 1. The van der Waals surface area contributed by atoms with E-state index in [-0.39, 0.29) is 38.4 Å². The Labute approximate surface area is 222 Å². The van der Waals surface area contributed by atoms with Crippen LogP contribution in [-0.4, -0.2) is 64.4 Å². The molecule has 7 nitrogen and oxygen atoms in total. The monoisotopic (exact) mass is 548 g/mol. The molecule has 39 heavy (non-hydrogen) atoms. The molecule has 2 atom stereocenters. The van der Waals surface area contributed by atoms with Gasteiger partial charge in [0.1, 0.15) is 5.82 Å².